The fourth-order valence-corrected chi connectivity index (χ4v) is 4.70. The quantitative estimate of drug-likeness (QED) is 0.450. The Kier molecular flexibility index (Phi) is 6.35. The molecule has 1 aromatic carbocycles. The van der Waals surface area contributed by atoms with Crippen LogP contribution in [0.2, 0.25) is 0 Å². The van der Waals surface area contributed by atoms with Crippen LogP contribution in [0.4, 0.5) is 10.8 Å². The van der Waals surface area contributed by atoms with Crippen molar-refractivity contribution in [2.45, 2.75) is 0 Å². The number of thiazole rings is 1. The topological polar surface area (TPSA) is 109 Å². The lowest BCUT2D eigenvalue weighted by Crippen LogP contribution is -2.50. The Hall–Kier alpha value is -3.15. The van der Waals surface area contributed by atoms with Crippen LogP contribution < -0.4 is 5.32 Å². The predicted octanol–water partition coefficient (Wildman–Crippen LogP) is 3.18. The summed E-state index contributed by atoms with van der Waals surface area (Å²) in [5.74, 6) is -0.145. The second kappa shape index (κ2) is 9.33. The molecule has 2 amide bonds. The van der Waals surface area contributed by atoms with Crippen LogP contribution in [0, 0.1) is 10.1 Å². The molecule has 0 radical (unpaired) electrons. The van der Waals surface area contributed by atoms with Gasteiger partial charge in [0.2, 0.25) is 5.91 Å². The number of piperazine rings is 1. The minimum absolute atomic E-state index is 0.00668. The molecule has 0 aliphatic carbocycles. The lowest BCUT2D eigenvalue weighted by Gasteiger charge is -2.34. The summed E-state index contributed by atoms with van der Waals surface area (Å²) in [6.45, 7) is 2.63. The molecule has 0 saturated carbocycles. The number of non-ortho nitro benzene ring substituents is 1. The smallest absolute Gasteiger partial charge is 0.270 e. The zero-order valence-electron chi connectivity index (χ0n) is 16.4. The number of aromatic nitrogens is 1. The van der Waals surface area contributed by atoms with E-state index in [1.807, 2.05) is 27.3 Å². The third kappa shape index (κ3) is 5.13. The highest BCUT2D eigenvalue weighted by atomic mass is 32.1. The monoisotopic (exact) mass is 457 g/mol. The summed E-state index contributed by atoms with van der Waals surface area (Å²) >= 11 is 2.70. The maximum atomic E-state index is 12.4. The molecule has 1 saturated heterocycles. The highest BCUT2D eigenvalue weighted by molar-refractivity contribution is 7.14. The molecule has 0 bridgehead atoms. The van der Waals surface area contributed by atoms with Crippen molar-refractivity contribution in [1.29, 1.82) is 0 Å². The van der Waals surface area contributed by atoms with E-state index in [0.29, 0.717) is 42.6 Å². The predicted molar refractivity (Wildman–Crippen MR) is 119 cm³/mol. The minimum Gasteiger partial charge on any atom is -0.335 e. The van der Waals surface area contributed by atoms with Crippen LogP contribution in [0.15, 0.2) is 47.2 Å². The van der Waals surface area contributed by atoms with Crippen LogP contribution in [0.3, 0.4) is 0 Å². The number of carbonyl (C=O) groups is 2. The normalized spacial score (nSPS) is 14.4. The standard InChI is InChI=1S/C20H19N5O4S2/c26-18(12-23-6-8-24(9-7-23)19(27)17-5-2-10-30-17)22-20-21-16(13-31-20)14-3-1-4-15(11-14)25(28)29/h1-5,10-11,13H,6-9,12H2,(H,21,22,26). The van der Waals surface area contributed by atoms with Gasteiger partial charge in [0.1, 0.15) is 0 Å². The molecule has 4 rings (SSSR count). The van der Waals surface area contributed by atoms with E-state index in [0.717, 1.165) is 4.88 Å². The van der Waals surface area contributed by atoms with Crippen molar-refractivity contribution >= 4 is 45.3 Å². The Balaban J connectivity index is 1.29. The van der Waals surface area contributed by atoms with E-state index >= 15 is 0 Å². The maximum Gasteiger partial charge on any atom is 0.270 e. The molecular formula is C20H19N5O4S2. The lowest BCUT2D eigenvalue weighted by molar-refractivity contribution is -0.384. The van der Waals surface area contributed by atoms with Crippen molar-refractivity contribution in [3.63, 3.8) is 0 Å². The third-order valence-electron chi connectivity index (χ3n) is 4.86. The Labute approximate surface area is 186 Å². The molecule has 1 fully saturated rings. The van der Waals surface area contributed by atoms with Gasteiger partial charge >= 0.3 is 0 Å². The first kappa shape index (κ1) is 21.1. The van der Waals surface area contributed by atoms with Gasteiger partial charge in [0.05, 0.1) is 22.0 Å². The Morgan fingerprint density at radius 1 is 1.13 bits per heavy atom. The van der Waals surface area contributed by atoms with Gasteiger partial charge in [-0.1, -0.05) is 18.2 Å². The maximum absolute atomic E-state index is 12.4. The van der Waals surface area contributed by atoms with Crippen LogP contribution in [0.5, 0.6) is 0 Å². The van der Waals surface area contributed by atoms with Crippen molar-refractivity contribution < 1.29 is 14.5 Å². The van der Waals surface area contributed by atoms with Crippen molar-refractivity contribution in [2.75, 3.05) is 38.0 Å². The molecule has 0 atom stereocenters. The molecule has 31 heavy (non-hydrogen) atoms. The van der Waals surface area contributed by atoms with Gasteiger partial charge in [-0.2, -0.15) is 0 Å². The lowest BCUT2D eigenvalue weighted by atomic mass is 10.1. The molecule has 160 valence electrons. The van der Waals surface area contributed by atoms with E-state index in [4.69, 9.17) is 0 Å². The minimum atomic E-state index is -0.452. The fraction of sp³-hybridized carbons (Fsp3) is 0.250. The first-order valence-electron chi connectivity index (χ1n) is 9.55. The van der Waals surface area contributed by atoms with Gasteiger partial charge in [-0.05, 0) is 11.4 Å². The molecule has 1 aliphatic rings. The number of nitro benzene ring substituents is 1. The Morgan fingerprint density at radius 3 is 2.65 bits per heavy atom. The van der Waals surface area contributed by atoms with Gasteiger partial charge in [-0.15, -0.1) is 22.7 Å². The fourth-order valence-electron chi connectivity index (χ4n) is 3.27. The van der Waals surface area contributed by atoms with E-state index < -0.39 is 4.92 Å². The molecule has 3 aromatic rings. The van der Waals surface area contributed by atoms with Crippen LogP contribution in [-0.4, -0.2) is 64.2 Å². The van der Waals surface area contributed by atoms with Crippen molar-refractivity contribution in [2.24, 2.45) is 0 Å². The van der Waals surface area contributed by atoms with E-state index in [1.54, 1.807) is 17.5 Å². The van der Waals surface area contributed by atoms with Crippen molar-refractivity contribution in [3.8, 4) is 11.3 Å². The summed E-state index contributed by atoms with van der Waals surface area (Å²) < 4.78 is 0. The highest BCUT2D eigenvalue weighted by Gasteiger charge is 2.24. The van der Waals surface area contributed by atoms with Crippen molar-refractivity contribution in [1.82, 2.24) is 14.8 Å². The highest BCUT2D eigenvalue weighted by Crippen LogP contribution is 2.27. The van der Waals surface area contributed by atoms with Gasteiger partial charge in [0.25, 0.3) is 11.6 Å². The zero-order chi connectivity index (χ0) is 21.8. The van der Waals surface area contributed by atoms with Gasteiger partial charge in [-0.3, -0.25) is 24.6 Å². The summed E-state index contributed by atoms with van der Waals surface area (Å²) in [5, 5.41) is 17.8. The number of hydrogen-bond donors (Lipinski definition) is 1. The number of amides is 2. The number of nitrogens with zero attached hydrogens (tertiary/aromatic N) is 4. The van der Waals surface area contributed by atoms with Gasteiger partial charge in [0, 0.05) is 49.3 Å². The number of thiophene rings is 1. The van der Waals surface area contributed by atoms with Gasteiger partial charge in [0.15, 0.2) is 5.13 Å². The number of carbonyl (C=O) groups excluding carboxylic acids is 2. The van der Waals surface area contributed by atoms with E-state index in [2.05, 4.69) is 10.3 Å². The van der Waals surface area contributed by atoms with Gasteiger partial charge < -0.3 is 10.2 Å². The molecule has 0 unspecified atom stereocenters. The summed E-state index contributed by atoms with van der Waals surface area (Å²) in [6.07, 6.45) is 0. The Morgan fingerprint density at radius 2 is 1.94 bits per heavy atom. The van der Waals surface area contributed by atoms with Crippen LogP contribution in [-0.2, 0) is 4.79 Å². The second-order valence-corrected chi connectivity index (χ2v) is 8.74. The summed E-state index contributed by atoms with van der Waals surface area (Å²) in [7, 11) is 0. The number of hydrogen-bond acceptors (Lipinski definition) is 8. The summed E-state index contributed by atoms with van der Waals surface area (Å²) in [5.41, 5.74) is 1.19. The van der Waals surface area contributed by atoms with E-state index in [1.165, 1.54) is 34.8 Å². The molecule has 1 aliphatic heterocycles. The number of benzene rings is 1. The molecule has 2 aromatic heterocycles. The molecule has 3 heterocycles. The molecule has 0 spiro atoms. The summed E-state index contributed by atoms with van der Waals surface area (Å²) in [4.78, 5) is 44.2. The van der Waals surface area contributed by atoms with Crippen molar-refractivity contribution in [3.05, 3.63) is 62.1 Å². The molecular weight excluding hydrogens is 438 g/mol. The average molecular weight is 458 g/mol. The number of nitrogens with one attached hydrogen (secondary N) is 1. The SMILES string of the molecule is O=C(CN1CCN(C(=O)c2cccs2)CC1)Nc1nc(-c2cccc([N+](=O)[O-])c2)cs1. The molecule has 9 nitrogen and oxygen atoms in total. The van der Waals surface area contributed by atoms with Crippen LogP contribution in [0.1, 0.15) is 9.67 Å². The number of anilines is 1. The zero-order valence-corrected chi connectivity index (χ0v) is 18.0. The van der Waals surface area contributed by atoms with E-state index in [-0.39, 0.29) is 24.0 Å². The van der Waals surface area contributed by atoms with Crippen LogP contribution in [0.25, 0.3) is 11.3 Å². The molecule has 11 heteroatoms. The van der Waals surface area contributed by atoms with Crippen LogP contribution >= 0.6 is 22.7 Å². The first-order valence-corrected chi connectivity index (χ1v) is 11.3. The second-order valence-electron chi connectivity index (χ2n) is 6.94. The average Bonchev–Trinajstić information content (AvgIpc) is 3.46. The third-order valence-corrected chi connectivity index (χ3v) is 6.48. The number of rotatable bonds is 6. The Bertz CT molecular complexity index is 1090. The summed E-state index contributed by atoms with van der Waals surface area (Å²) in [6, 6.07) is 9.91. The van der Waals surface area contributed by atoms with Gasteiger partial charge in [-0.25, -0.2) is 4.98 Å². The first-order chi connectivity index (χ1) is 15.0. The molecule has 1 N–H and O–H groups in total. The largest absolute Gasteiger partial charge is 0.335 e. The van der Waals surface area contributed by atoms with E-state index in [9.17, 15) is 19.7 Å². The number of nitro groups is 1.